The first kappa shape index (κ1) is 16.1. The van der Waals surface area contributed by atoms with Gasteiger partial charge in [0.05, 0.1) is 6.61 Å². The first-order valence-electron chi connectivity index (χ1n) is 6.38. The lowest BCUT2D eigenvalue weighted by Gasteiger charge is -2.39. The van der Waals surface area contributed by atoms with Gasteiger partial charge in [-0.05, 0) is 25.1 Å². The van der Waals surface area contributed by atoms with Crippen molar-refractivity contribution in [1.82, 2.24) is 0 Å². The highest BCUT2D eigenvalue weighted by molar-refractivity contribution is 6.74. The zero-order valence-corrected chi connectivity index (χ0v) is 13.1. The lowest BCUT2D eigenvalue weighted by atomic mass is 10.0. The third kappa shape index (κ3) is 3.52. The molecular weight excluding hydrogens is 252 g/mol. The van der Waals surface area contributed by atoms with Crippen LogP contribution in [-0.2, 0) is 14.2 Å². The van der Waals surface area contributed by atoms with Crippen molar-refractivity contribution in [2.45, 2.75) is 70.2 Å². The van der Waals surface area contributed by atoms with Crippen molar-refractivity contribution < 1.29 is 24.4 Å². The molecule has 1 rings (SSSR count). The second-order valence-corrected chi connectivity index (χ2v) is 11.3. The lowest BCUT2D eigenvalue weighted by molar-refractivity contribution is -0.411. The molecule has 6 heteroatoms. The molecule has 0 radical (unpaired) electrons. The maximum absolute atomic E-state index is 9.89. The molecule has 0 aliphatic carbocycles. The molecule has 2 N–H and O–H groups in total. The van der Waals surface area contributed by atoms with Crippen LogP contribution in [0.4, 0.5) is 0 Å². The summed E-state index contributed by atoms with van der Waals surface area (Å²) < 4.78 is 5.95. The summed E-state index contributed by atoms with van der Waals surface area (Å²) in [4.78, 5) is 10.0. The maximum Gasteiger partial charge on any atom is 0.192 e. The molecule has 4 atom stereocenters. The molecule has 0 aromatic rings. The van der Waals surface area contributed by atoms with E-state index in [-0.39, 0.29) is 11.6 Å². The van der Waals surface area contributed by atoms with Crippen LogP contribution in [0.5, 0.6) is 0 Å². The Bertz CT molecular complexity index is 276. The van der Waals surface area contributed by atoms with Crippen LogP contribution in [-0.4, -0.2) is 49.6 Å². The molecular formula is C12H26O5Si. The summed E-state index contributed by atoms with van der Waals surface area (Å²) in [7, 11) is -1.89. The average molecular weight is 278 g/mol. The minimum atomic E-state index is -1.89. The minimum absolute atomic E-state index is 0.0966. The zero-order valence-electron chi connectivity index (χ0n) is 12.1. The summed E-state index contributed by atoms with van der Waals surface area (Å²) in [5, 5.41) is 19.7. The van der Waals surface area contributed by atoms with Crippen LogP contribution in [0, 0.1) is 0 Å². The Morgan fingerprint density at radius 3 is 2.17 bits per heavy atom. The molecule has 1 heterocycles. The van der Waals surface area contributed by atoms with Crippen molar-refractivity contribution in [3.05, 3.63) is 0 Å². The van der Waals surface area contributed by atoms with E-state index in [9.17, 15) is 10.2 Å². The van der Waals surface area contributed by atoms with Gasteiger partial charge in [-0.3, -0.25) is 0 Å². The summed E-state index contributed by atoms with van der Waals surface area (Å²) in [5.74, 6) is 0. The van der Waals surface area contributed by atoms with Gasteiger partial charge in [-0.25, -0.2) is 9.78 Å². The van der Waals surface area contributed by atoms with E-state index in [0.29, 0.717) is 0 Å². The summed E-state index contributed by atoms with van der Waals surface area (Å²) in [6.45, 7) is 12.6. The van der Waals surface area contributed by atoms with Crippen LogP contribution < -0.4 is 0 Å². The van der Waals surface area contributed by atoms with Crippen LogP contribution in [0.25, 0.3) is 0 Å². The van der Waals surface area contributed by atoms with Crippen LogP contribution >= 0.6 is 0 Å². The number of aliphatic hydroxyl groups excluding tert-OH is 2. The Balaban J connectivity index is 2.54. The third-order valence-corrected chi connectivity index (χ3v) is 8.46. The molecule has 0 aromatic carbocycles. The molecule has 0 amide bonds. The van der Waals surface area contributed by atoms with Crippen molar-refractivity contribution in [3.8, 4) is 0 Å². The highest BCUT2D eigenvalue weighted by Gasteiger charge is 2.42. The fraction of sp³-hybridized carbons (Fsp3) is 1.00. The standard InChI is InChI=1S/C12H26O5Si/c1-8-10(13)11(14)9(17-16-8)7-15-18(5,6)12(2,3)4/h8-11,13-14H,7H2,1-6H3/t8-,9+,10-,11+/m0/s1. The fourth-order valence-electron chi connectivity index (χ4n) is 1.40. The SMILES string of the molecule is C[C@@H]1OO[C@H](CO[Si](C)(C)C(C)(C)C)[C@@H](O)[C@H]1O. The van der Waals surface area contributed by atoms with Crippen molar-refractivity contribution >= 4 is 8.32 Å². The van der Waals surface area contributed by atoms with Gasteiger partial charge in [0, 0.05) is 0 Å². The first-order valence-corrected chi connectivity index (χ1v) is 9.29. The van der Waals surface area contributed by atoms with E-state index in [1.165, 1.54) is 0 Å². The molecule has 0 spiro atoms. The third-order valence-electron chi connectivity index (χ3n) is 3.96. The molecule has 1 aliphatic rings. The number of hydrogen-bond donors (Lipinski definition) is 2. The van der Waals surface area contributed by atoms with Gasteiger partial charge < -0.3 is 14.6 Å². The summed E-state index contributed by atoms with van der Waals surface area (Å²) in [5.41, 5.74) is 0. The monoisotopic (exact) mass is 278 g/mol. The highest BCUT2D eigenvalue weighted by atomic mass is 28.4. The van der Waals surface area contributed by atoms with Gasteiger partial charge in [0.1, 0.15) is 24.4 Å². The Morgan fingerprint density at radius 2 is 1.67 bits per heavy atom. The lowest BCUT2D eigenvalue weighted by Crippen LogP contribution is -2.54. The Hall–Kier alpha value is 0.0169. The first-order chi connectivity index (χ1) is 8.06. The molecule has 1 aliphatic heterocycles. The topological polar surface area (TPSA) is 68.2 Å². The zero-order chi connectivity index (χ0) is 14.1. The second-order valence-electron chi connectivity index (χ2n) is 6.49. The molecule has 0 bridgehead atoms. The van der Waals surface area contributed by atoms with Gasteiger partial charge in [0.25, 0.3) is 0 Å². The second kappa shape index (κ2) is 5.56. The molecule has 0 aromatic heterocycles. The highest BCUT2D eigenvalue weighted by Crippen LogP contribution is 2.37. The maximum atomic E-state index is 9.89. The van der Waals surface area contributed by atoms with Crippen LogP contribution in [0.2, 0.25) is 18.1 Å². The van der Waals surface area contributed by atoms with Gasteiger partial charge in [0.15, 0.2) is 8.32 Å². The quantitative estimate of drug-likeness (QED) is 0.604. The predicted octanol–water partition coefficient (Wildman–Crippen LogP) is 1.45. The predicted molar refractivity (Wildman–Crippen MR) is 70.6 cm³/mol. The summed E-state index contributed by atoms with van der Waals surface area (Å²) in [6, 6.07) is 0. The van der Waals surface area contributed by atoms with Gasteiger partial charge in [-0.15, -0.1) is 0 Å². The van der Waals surface area contributed by atoms with E-state index in [1.807, 2.05) is 0 Å². The van der Waals surface area contributed by atoms with Gasteiger partial charge in [0.2, 0.25) is 0 Å². The normalized spacial score (nSPS) is 34.7. The summed E-state index contributed by atoms with van der Waals surface area (Å²) >= 11 is 0. The fourth-order valence-corrected chi connectivity index (χ4v) is 2.42. The average Bonchev–Trinajstić information content (AvgIpc) is 2.23. The van der Waals surface area contributed by atoms with E-state index in [0.717, 1.165) is 0 Å². The minimum Gasteiger partial charge on any atom is -0.414 e. The molecule has 0 unspecified atom stereocenters. The Morgan fingerprint density at radius 1 is 1.11 bits per heavy atom. The molecule has 0 saturated carbocycles. The Labute approximate surface area is 110 Å². The van der Waals surface area contributed by atoms with Crippen molar-refractivity contribution in [2.24, 2.45) is 0 Å². The van der Waals surface area contributed by atoms with Crippen molar-refractivity contribution in [1.29, 1.82) is 0 Å². The van der Waals surface area contributed by atoms with E-state index < -0.39 is 32.7 Å². The molecule has 108 valence electrons. The molecule has 5 nitrogen and oxygen atoms in total. The van der Waals surface area contributed by atoms with E-state index in [4.69, 9.17) is 14.2 Å². The van der Waals surface area contributed by atoms with Crippen LogP contribution in [0.1, 0.15) is 27.7 Å². The largest absolute Gasteiger partial charge is 0.414 e. The number of hydrogen-bond acceptors (Lipinski definition) is 5. The smallest absolute Gasteiger partial charge is 0.192 e. The summed E-state index contributed by atoms with van der Waals surface area (Å²) in [6.07, 6.45) is -3.07. The number of rotatable bonds is 3. The van der Waals surface area contributed by atoms with Crippen LogP contribution in [0.3, 0.4) is 0 Å². The molecule has 18 heavy (non-hydrogen) atoms. The number of aliphatic hydroxyl groups is 2. The van der Waals surface area contributed by atoms with Crippen LogP contribution in [0.15, 0.2) is 0 Å². The van der Waals surface area contributed by atoms with E-state index in [1.54, 1.807) is 6.92 Å². The Kier molecular flexibility index (Phi) is 4.97. The molecule has 1 fully saturated rings. The van der Waals surface area contributed by atoms with Gasteiger partial charge in [-0.1, -0.05) is 20.8 Å². The van der Waals surface area contributed by atoms with Gasteiger partial charge >= 0.3 is 0 Å². The molecule has 1 saturated heterocycles. The van der Waals surface area contributed by atoms with E-state index >= 15 is 0 Å². The van der Waals surface area contributed by atoms with E-state index in [2.05, 4.69) is 33.9 Å². The van der Waals surface area contributed by atoms with Crippen molar-refractivity contribution in [3.63, 3.8) is 0 Å². The van der Waals surface area contributed by atoms with Crippen molar-refractivity contribution in [2.75, 3.05) is 6.61 Å². The van der Waals surface area contributed by atoms with Gasteiger partial charge in [-0.2, -0.15) is 0 Å².